The normalized spacial score (nSPS) is 32.0. The van der Waals surface area contributed by atoms with Crippen molar-refractivity contribution in [3.8, 4) is 0 Å². The largest absolute Gasteiger partial charge is 0.385 e. The number of aldehydes is 3. The summed E-state index contributed by atoms with van der Waals surface area (Å²) in [6.07, 6.45) is -9.35. The van der Waals surface area contributed by atoms with Crippen molar-refractivity contribution in [1.29, 1.82) is 0 Å². The van der Waals surface area contributed by atoms with Gasteiger partial charge in [-0.25, -0.2) is 0 Å². The molecule has 0 radical (unpaired) electrons. The van der Waals surface area contributed by atoms with Gasteiger partial charge in [0.2, 0.25) is 0 Å². The lowest BCUT2D eigenvalue weighted by atomic mass is 9.98. The molecule has 0 aromatic heterocycles. The second-order valence-corrected chi connectivity index (χ2v) is 4.46. The van der Waals surface area contributed by atoms with Gasteiger partial charge in [-0.15, -0.1) is 0 Å². The SMILES string of the molecule is [2H]C(=O)COC[C@H]1OC(N=C=S)[C@@H](O)[C@@H](OCC([2H])=O)[C@@H]1OCC([2H])=O. The summed E-state index contributed by atoms with van der Waals surface area (Å²) in [6.45, 7) is -2.18. The highest BCUT2D eigenvalue weighted by Crippen LogP contribution is 2.26. The van der Waals surface area contributed by atoms with Crippen LogP contribution >= 0.6 is 12.2 Å². The molecule has 23 heavy (non-hydrogen) atoms. The molecule has 0 bridgehead atoms. The number of carbonyl (C=O) groups is 3. The molecule has 1 aliphatic rings. The summed E-state index contributed by atoms with van der Waals surface area (Å²) in [5, 5.41) is 12.3. The van der Waals surface area contributed by atoms with Crippen molar-refractivity contribution in [3.05, 3.63) is 0 Å². The zero-order valence-corrected chi connectivity index (χ0v) is 12.7. The Kier molecular flexibility index (Phi) is 7.38. The summed E-state index contributed by atoms with van der Waals surface area (Å²) in [5.41, 5.74) is 0. The minimum absolute atomic E-state index is 0.299. The van der Waals surface area contributed by atoms with Gasteiger partial charge in [-0.3, -0.25) is 0 Å². The number of ether oxygens (including phenoxy) is 4. The van der Waals surface area contributed by atoms with Crippen molar-refractivity contribution in [1.82, 2.24) is 0 Å². The highest BCUT2D eigenvalue weighted by atomic mass is 32.1. The van der Waals surface area contributed by atoms with E-state index in [2.05, 4.69) is 17.2 Å². The Hall–Kier alpha value is -1.39. The molecule has 0 aromatic carbocycles. The molecule has 10 heteroatoms. The van der Waals surface area contributed by atoms with Gasteiger partial charge in [-0.1, -0.05) is 0 Å². The molecule has 128 valence electrons. The molecule has 1 rings (SSSR count). The van der Waals surface area contributed by atoms with Crippen LogP contribution in [0.3, 0.4) is 0 Å². The average molecular weight is 350 g/mol. The highest BCUT2D eigenvalue weighted by Gasteiger charge is 2.47. The fraction of sp³-hybridized carbons (Fsp3) is 0.692. The number of aliphatic hydroxyl groups is 1. The van der Waals surface area contributed by atoms with Gasteiger partial charge < -0.3 is 38.4 Å². The van der Waals surface area contributed by atoms with Gasteiger partial charge in [0.25, 0.3) is 0 Å². The van der Waals surface area contributed by atoms with Crippen molar-refractivity contribution < 1.29 is 42.5 Å². The van der Waals surface area contributed by atoms with Crippen LogP contribution in [0.4, 0.5) is 0 Å². The van der Waals surface area contributed by atoms with Crippen LogP contribution < -0.4 is 0 Å². The molecule has 1 N–H and O–H groups in total. The van der Waals surface area contributed by atoms with Crippen LogP contribution in [0.15, 0.2) is 4.99 Å². The van der Waals surface area contributed by atoms with Gasteiger partial charge in [-0.2, -0.15) is 4.99 Å². The molecule has 1 aliphatic heterocycles. The summed E-state index contributed by atoms with van der Waals surface area (Å²) in [6, 6.07) is 0. The number of isothiocyanates is 1. The predicted molar refractivity (Wildman–Crippen MR) is 78.2 cm³/mol. The lowest BCUT2D eigenvalue weighted by Gasteiger charge is -2.42. The molecular weight excluding hydrogens is 330 g/mol. The van der Waals surface area contributed by atoms with Crippen molar-refractivity contribution >= 4 is 36.2 Å². The number of thiocarbonyl (C=S) groups is 1. The molecule has 9 nitrogen and oxygen atoms in total. The van der Waals surface area contributed by atoms with E-state index in [0.717, 1.165) is 0 Å². The van der Waals surface area contributed by atoms with E-state index >= 15 is 0 Å². The summed E-state index contributed by atoms with van der Waals surface area (Å²) in [4.78, 5) is 36.1. The fourth-order valence-electron chi connectivity index (χ4n) is 2.07. The van der Waals surface area contributed by atoms with Gasteiger partial charge in [-0.05, 0) is 12.2 Å². The zero-order valence-electron chi connectivity index (χ0n) is 14.9. The molecule has 0 aromatic rings. The number of hydrogen-bond donors (Lipinski definition) is 1. The third kappa shape index (κ3) is 5.96. The Labute approximate surface area is 141 Å². The number of hydrogen-bond acceptors (Lipinski definition) is 10. The van der Waals surface area contributed by atoms with Gasteiger partial charge >= 0.3 is 0 Å². The Morgan fingerprint density at radius 1 is 1.17 bits per heavy atom. The Morgan fingerprint density at radius 3 is 2.35 bits per heavy atom. The Morgan fingerprint density at radius 2 is 1.78 bits per heavy atom. The molecule has 0 aliphatic carbocycles. The van der Waals surface area contributed by atoms with Crippen LogP contribution in [0, 0.1) is 0 Å². The smallest absolute Gasteiger partial charge is 0.186 e. The van der Waals surface area contributed by atoms with Gasteiger partial charge in [0.1, 0.15) is 67.1 Å². The summed E-state index contributed by atoms with van der Waals surface area (Å²) in [5.74, 6) is 0. The summed E-state index contributed by atoms with van der Waals surface area (Å²) in [7, 11) is 0. The third-order valence-corrected chi connectivity index (χ3v) is 3.03. The number of rotatable bonds is 11. The topological polar surface area (TPSA) is 121 Å². The second kappa shape index (κ2) is 11.2. The van der Waals surface area contributed by atoms with Gasteiger partial charge in [0, 0.05) is 0 Å². The monoisotopic (exact) mass is 350 g/mol. The van der Waals surface area contributed by atoms with E-state index in [4.69, 9.17) is 23.1 Å². The number of carbonyl (C=O) groups excluding carboxylic acids is 3. The van der Waals surface area contributed by atoms with Crippen molar-refractivity contribution in [2.24, 2.45) is 4.99 Å². The van der Waals surface area contributed by atoms with Crippen LogP contribution in [0.5, 0.6) is 0 Å². The van der Waals surface area contributed by atoms with E-state index in [9.17, 15) is 19.5 Å². The first-order valence-corrected chi connectivity index (χ1v) is 6.86. The Balaban J connectivity index is 3.00. The number of aliphatic imine (C=N–C) groups is 1. The molecule has 5 atom stereocenters. The second-order valence-electron chi connectivity index (χ2n) is 4.28. The van der Waals surface area contributed by atoms with Crippen molar-refractivity contribution in [2.75, 3.05) is 26.4 Å². The highest BCUT2D eigenvalue weighted by molar-refractivity contribution is 7.78. The van der Waals surface area contributed by atoms with Crippen LogP contribution in [-0.4, -0.2) is 86.1 Å². The van der Waals surface area contributed by atoms with Gasteiger partial charge in [0.05, 0.1) is 11.8 Å². The maximum atomic E-state index is 10.9. The van der Waals surface area contributed by atoms with Crippen LogP contribution in [0.1, 0.15) is 4.11 Å². The van der Waals surface area contributed by atoms with Crippen LogP contribution in [0.25, 0.3) is 0 Å². The lowest BCUT2D eigenvalue weighted by molar-refractivity contribution is -0.249. The lowest BCUT2D eigenvalue weighted by Crippen LogP contribution is -2.60. The van der Waals surface area contributed by atoms with Crippen molar-refractivity contribution in [2.45, 2.75) is 30.6 Å². The fourth-order valence-corrected chi connectivity index (χ4v) is 2.17. The first kappa shape index (κ1) is 15.2. The van der Waals surface area contributed by atoms with E-state index in [0.29, 0.717) is 0 Å². The summed E-state index contributed by atoms with van der Waals surface area (Å²) >= 11 is 4.47. The third-order valence-electron chi connectivity index (χ3n) is 2.93. The molecule has 1 fully saturated rings. The van der Waals surface area contributed by atoms with E-state index < -0.39 is 69.3 Å². The predicted octanol–water partition coefficient (Wildman–Crippen LogP) is -1.44. The quantitative estimate of drug-likeness (QED) is 0.271. The van der Waals surface area contributed by atoms with Gasteiger partial charge in [0.15, 0.2) is 6.23 Å². The van der Waals surface area contributed by atoms with E-state index in [1.807, 2.05) is 5.16 Å². The minimum Gasteiger partial charge on any atom is -0.385 e. The minimum atomic E-state index is -1.48. The number of aliphatic hydroxyl groups excluding tert-OH is 1. The van der Waals surface area contributed by atoms with Crippen LogP contribution in [0.2, 0.25) is 0 Å². The summed E-state index contributed by atoms with van der Waals surface area (Å²) < 4.78 is 41.5. The molecule has 1 heterocycles. The van der Waals surface area contributed by atoms with E-state index in [1.165, 1.54) is 0 Å². The molecule has 1 unspecified atom stereocenters. The average Bonchev–Trinajstić information content (AvgIpc) is 2.54. The van der Waals surface area contributed by atoms with E-state index in [1.54, 1.807) is 0 Å². The maximum Gasteiger partial charge on any atom is 0.186 e. The molecule has 0 amide bonds. The standard InChI is InChI=1S/C13H17NO8S/c15-1-4-19-7-9-11(20-5-2-16)12(21-6-3-17)10(18)13(22-9)14-8-23/h1-3,9-13,18H,4-7H2/t9-,10+,11-,12-,13?/m1/s1/i1D,2D,3D. The van der Waals surface area contributed by atoms with Crippen molar-refractivity contribution in [3.63, 3.8) is 0 Å². The molecular formula is C13H17NO8S. The van der Waals surface area contributed by atoms with E-state index in [-0.39, 0.29) is 6.61 Å². The molecule has 0 saturated carbocycles. The van der Waals surface area contributed by atoms with Crippen LogP contribution in [-0.2, 0) is 33.3 Å². The maximum absolute atomic E-state index is 10.9. The zero-order chi connectivity index (χ0) is 19.7. The first-order valence-electron chi connectivity index (χ1n) is 7.96. The first-order chi connectivity index (χ1) is 12.3. The molecule has 1 saturated heterocycles. The number of nitrogens with zero attached hydrogens (tertiary/aromatic N) is 1. The molecule has 0 spiro atoms. The Bertz CT molecular complexity index is 574.